The summed E-state index contributed by atoms with van der Waals surface area (Å²) in [5.74, 6) is 0. The van der Waals surface area contributed by atoms with Crippen LogP contribution in [0.15, 0.2) is 0 Å². The molecule has 13 heavy (non-hydrogen) atoms. The summed E-state index contributed by atoms with van der Waals surface area (Å²) in [5, 5.41) is 13.2. The number of nitrogens with one attached hydrogen (secondary N) is 1. The van der Waals surface area contributed by atoms with Crippen molar-refractivity contribution in [1.82, 2.24) is 5.32 Å². The monoisotopic (exact) mass is 187 g/mol. The molecular weight excluding hydrogens is 170 g/mol. The van der Waals surface area contributed by atoms with E-state index in [1.54, 1.807) is 0 Å². The van der Waals surface area contributed by atoms with Gasteiger partial charge in [0.2, 0.25) is 6.54 Å². The zero-order valence-electron chi connectivity index (χ0n) is 7.74. The molecule has 0 radical (unpaired) electrons. The molecule has 1 aliphatic carbocycles. The van der Waals surface area contributed by atoms with E-state index >= 15 is 0 Å². The Morgan fingerprint density at radius 2 is 2.08 bits per heavy atom. The maximum absolute atomic E-state index is 10.1. The summed E-state index contributed by atoms with van der Waals surface area (Å²) >= 11 is 0. The minimum absolute atomic E-state index is 0.184. The Balaban J connectivity index is 2.18. The molecule has 0 amide bonds. The van der Waals surface area contributed by atoms with Gasteiger partial charge in [0, 0.05) is 11.0 Å². The molecule has 0 spiro atoms. The van der Waals surface area contributed by atoms with Crippen molar-refractivity contribution in [2.75, 3.05) is 6.54 Å². The Bertz CT molecular complexity index is 169. The highest BCUT2D eigenvalue weighted by Crippen LogP contribution is 2.17. The van der Waals surface area contributed by atoms with E-state index < -0.39 is 6.17 Å². The molecule has 0 saturated heterocycles. The maximum atomic E-state index is 10.1. The predicted molar refractivity (Wildman–Crippen MR) is 49.8 cm³/mol. The molecule has 1 aliphatic rings. The number of hydrogen-bond donors (Lipinski definition) is 2. The average Bonchev–Trinajstić information content (AvgIpc) is 2.04. The first-order valence-corrected chi connectivity index (χ1v) is 4.82. The van der Waals surface area contributed by atoms with E-state index in [0.29, 0.717) is 6.04 Å². The second-order valence-corrected chi connectivity index (χ2v) is 3.62. The molecule has 0 aromatic rings. The highest BCUT2D eigenvalue weighted by Gasteiger charge is 2.17. The van der Waals surface area contributed by atoms with E-state index in [9.17, 15) is 10.1 Å². The molecule has 0 aliphatic heterocycles. The van der Waals surface area contributed by atoms with Gasteiger partial charge in [0.25, 0.3) is 0 Å². The van der Waals surface area contributed by atoms with Gasteiger partial charge in [-0.05, 0) is 12.8 Å². The number of rotatable bonds is 4. The Morgan fingerprint density at radius 3 is 2.62 bits per heavy atom. The predicted octanol–water partition coefficient (Wildman–Crippen LogP) is 0.470. The molecule has 3 N–H and O–H groups in total. The lowest BCUT2D eigenvalue weighted by molar-refractivity contribution is -0.483. The quantitative estimate of drug-likeness (QED) is 0.381. The summed E-state index contributed by atoms with van der Waals surface area (Å²) in [6.07, 6.45) is 5.42. The average molecular weight is 187 g/mol. The fraction of sp³-hybridized carbons (Fsp3) is 1.00. The van der Waals surface area contributed by atoms with Gasteiger partial charge in [-0.15, -0.1) is 0 Å². The molecule has 76 valence electrons. The first-order valence-electron chi connectivity index (χ1n) is 4.82. The second-order valence-electron chi connectivity index (χ2n) is 3.62. The summed E-state index contributed by atoms with van der Waals surface area (Å²) in [6, 6.07) is 0.392. The molecule has 0 aromatic heterocycles. The SMILES string of the molecule is NC(C[N+](=O)[O-])NC1CCCCC1. The number of nitrogens with two attached hydrogens (primary N) is 1. The number of hydrogen-bond acceptors (Lipinski definition) is 4. The lowest BCUT2D eigenvalue weighted by Gasteiger charge is -2.24. The van der Waals surface area contributed by atoms with Crippen LogP contribution in [0.2, 0.25) is 0 Å². The van der Waals surface area contributed by atoms with E-state index in [2.05, 4.69) is 5.32 Å². The summed E-state index contributed by atoms with van der Waals surface area (Å²) in [7, 11) is 0. The van der Waals surface area contributed by atoms with Crippen molar-refractivity contribution in [3.05, 3.63) is 10.1 Å². The molecule has 1 saturated carbocycles. The van der Waals surface area contributed by atoms with Gasteiger partial charge in [-0.3, -0.25) is 15.4 Å². The van der Waals surface area contributed by atoms with Gasteiger partial charge in [-0.25, -0.2) is 0 Å². The third-order valence-electron chi connectivity index (χ3n) is 2.40. The van der Waals surface area contributed by atoms with Gasteiger partial charge in [-0.1, -0.05) is 19.3 Å². The fourth-order valence-electron chi connectivity index (χ4n) is 1.79. The standard InChI is InChI=1S/C8H17N3O2/c9-8(6-11(12)13)10-7-4-2-1-3-5-7/h7-8,10H,1-6,9H2. The molecule has 1 rings (SSSR count). The van der Waals surface area contributed by atoms with Crippen LogP contribution in [0, 0.1) is 10.1 Å². The molecule has 0 bridgehead atoms. The van der Waals surface area contributed by atoms with Crippen LogP contribution >= 0.6 is 0 Å². The van der Waals surface area contributed by atoms with Crippen molar-refractivity contribution in [2.45, 2.75) is 44.3 Å². The molecule has 5 nitrogen and oxygen atoms in total. The van der Waals surface area contributed by atoms with E-state index in [1.807, 2.05) is 0 Å². The molecule has 5 heteroatoms. The van der Waals surface area contributed by atoms with Crippen molar-refractivity contribution >= 4 is 0 Å². The van der Waals surface area contributed by atoms with Crippen LogP contribution in [0.3, 0.4) is 0 Å². The van der Waals surface area contributed by atoms with Gasteiger partial charge < -0.3 is 5.73 Å². The molecule has 0 heterocycles. The van der Waals surface area contributed by atoms with Crippen LogP contribution < -0.4 is 11.1 Å². The molecule has 0 aromatic carbocycles. The zero-order valence-corrected chi connectivity index (χ0v) is 7.74. The lowest BCUT2D eigenvalue weighted by atomic mass is 9.95. The Hall–Kier alpha value is -0.680. The first kappa shape index (κ1) is 10.4. The third-order valence-corrected chi connectivity index (χ3v) is 2.40. The van der Waals surface area contributed by atoms with Crippen molar-refractivity contribution in [3.8, 4) is 0 Å². The minimum Gasteiger partial charge on any atom is -0.310 e. The number of nitrogens with zero attached hydrogens (tertiary/aromatic N) is 1. The fourth-order valence-corrected chi connectivity index (χ4v) is 1.79. The largest absolute Gasteiger partial charge is 0.310 e. The van der Waals surface area contributed by atoms with Gasteiger partial charge in [0.15, 0.2) is 0 Å². The molecule has 1 unspecified atom stereocenters. The van der Waals surface area contributed by atoms with E-state index in [0.717, 1.165) is 12.8 Å². The van der Waals surface area contributed by atoms with Gasteiger partial charge in [0.05, 0.1) is 0 Å². The van der Waals surface area contributed by atoms with Crippen molar-refractivity contribution in [1.29, 1.82) is 0 Å². The highest BCUT2D eigenvalue weighted by atomic mass is 16.6. The lowest BCUT2D eigenvalue weighted by Crippen LogP contribution is -2.48. The summed E-state index contributed by atoms with van der Waals surface area (Å²) in [4.78, 5) is 9.76. The summed E-state index contributed by atoms with van der Waals surface area (Å²) in [6.45, 7) is -0.184. The topological polar surface area (TPSA) is 81.2 Å². The Labute approximate surface area is 77.8 Å². The van der Waals surface area contributed by atoms with Crippen LogP contribution in [0.4, 0.5) is 0 Å². The van der Waals surface area contributed by atoms with Gasteiger partial charge in [0.1, 0.15) is 6.17 Å². The van der Waals surface area contributed by atoms with Crippen LogP contribution in [0.25, 0.3) is 0 Å². The second kappa shape index (κ2) is 5.14. The molecular formula is C8H17N3O2. The van der Waals surface area contributed by atoms with Gasteiger partial charge >= 0.3 is 0 Å². The van der Waals surface area contributed by atoms with Crippen molar-refractivity contribution in [2.24, 2.45) is 5.73 Å². The molecule has 1 fully saturated rings. The number of nitro groups is 1. The summed E-state index contributed by atoms with van der Waals surface area (Å²) in [5.41, 5.74) is 5.55. The maximum Gasteiger partial charge on any atom is 0.231 e. The van der Waals surface area contributed by atoms with E-state index in [-0.39, 0.29) is 11.5 Å². The third kappa shape index (κ3) is 4.19. The molecule has 1 atom stereocenters. The highest BCUT2D eigenvalue weighted by molar-refractivity contribution is 4.74. The first-order chi connectivity index (χ1) is 6.18. The van der Waals surface area contributed by atoms with Crippen molar-refractivity contribution < 1.29 is 4.92 Å². The summed E-state index contributed by atoms with van der Waals surface area (Å²) < 4.78 is 0. The van der Waals surface area contributed by atoms with Crippen LogP contribution in [-0.2, 0) is 0 Å². The van der Waals surface area contributed by atoms with Crippen LogP contribution in [-0.4, -0.2) is 23.7 Å². The van der Waals surface area contributed by atoms with Crippen LogP contribution in [0.5, 0.6) is 0 Å². The normalized spacial score (nSPS) is 21.3. The van der Waals surface area contributed by atoms with E-state index in [4.69, 9.17) is 5.73 Å². The van der Waals surface area contributed by atoms with Crippen LogP contribution in [0.1, 0.15) is 32.1 Å². The zero-order chi connectivity index (χ0) is 9.68. The van der Waals surface area contributed by atoms with E-state index in [1.165, 1.54) is 19.3 Å². The van der Waals surface area contributed by atoms with Gasteiger partial charge in [-0.2, -0.15) is 0 Å². The minimum atomic E-state index is -0.488. The Morgan fingerprint density at radius 1 is 1.46 bits per heavy atom. The van der Waals surface area contributed by atoms with Crippen molar-refractivity contribution in [3.63, 3.8) is 0 Å². The smallest absolute Gasteiger partial charge is 0.231 e. The Kier molecular flexibility index (Phi) is 4.11.